The van der Waals surface area contributed by atoms with Gasteiger partial charge in [-0.15, -0.1) is 0 Å². The van der Waals surface area contributed by atoms with Crippen molar-refractivity contribution in [3.63, 3.8) is 0 Å². The molecule has 12 heavy (non-hydrogen) atoms. The zero-order chi connectivity index (χ0) is 9.57. The van der Waals surface area contributed by atoms with Gasteiger partial charge in [0.05, 0.1) is 10.5 Å². The van der Waals surface area contributed by atoms with Gasteiger partial charge in [0, 0.05) is 6.04 Å². The Kier molecular flexibility index (Phi) is 2.25. The van der Waals surface area contributed by atoms with Crippen LogP contribution in [0.4, 0.5) is 0 Å². The molecule has 0 aliphatic carbocycles. The Morgan fingerprint density at radius 1 is 1.50 bits per heavy atom. The monoisotopic (exact) mass is 191 g/mol. The fourth-order valence-electron chi connectivity index (χ4n) is 2.02. The van der Waals surface area contributed by atoms with Gasteiger partial charge in [-0.1, -0.05) is 0 Å². The normalized spacial score (nSPS) is 34.8. The van der Waals surface area contributed by atoms with E-state index < -0.39 is 14.6 Å². The van der Waals surface area contributed by atoms with E-state index >= 15 is 0 Å². The molecule has 0 radical (unpaired) electrons. The van der Waals surface area contributed by atoms with E-state index in [-0.39, 0.29) is 12.0 Å². The predicted molar refractivity (Wildman–Crippen MR) is 49.6 cm³/mol. The molecule has 1 aliphatic heterocycles. The lowest BCUT2D eigenvalue weighted by molar-refractivity contribution is 0.365. The van der Waals surface area contributed by atoms with Crippen molar-refractivity contribution in [1.82, 2.24) is 0 Å². The lowest BCUT2D eigenvalue weighted by atomic mass is 9.87. The van der Waals surface area contributed by atoms with Crippen molar-refractivity contribution < 1.29 is 8.42 Å². The summed E-state index contributed by atoms with van der Waals surface area (Å²) in [5, 5.41) is 0. The summed E-state index contributed by atoms with van der Waals surface area (Å²) >= 11 is 0. The molecule has 1 unspecified atom stereocenters. The van der Waals surface area contributed by atoms with Crippen LogP contribution in [-0.2, 0) is 9.84 Å². The fourth-order valence-corrected chi connectivity index (χ4v) is 3.90. The smallest absolute Gasteiger partial charge is 0.155 e. The maximum absolute atomic E-state index is 11.5. The topological polar surface area (TPSA) is 60.2 Å². The van der Waals surface area contributed by atoms with Crippen LogP contribution < -0.4 is 5.73 Å². The van der Waals surface area contributed by atoms with E-state index in [0.29, 0.717) is 12.2 Å². The Labute approximate surface area is 74.3 Å². The molecule has 3 nitrogen and oxygen atoms in total. The van der Waals surface area contributed by atoms with E-state index in [1.807, 2.05) is 6.92 Å². The van der Waals surface area contributed by atoms with E-state index in [1.54, 1.807) is 13.8 Å². The summed E-state index contributed by atoms with van der Waals surface area (Å²) < 4.78 is 22.5. The Morgan fingerprint density at radius 2 is 2.00 bits per heavy atom. The van der Waals surface area contributed by atoms with Gasteiger partial charge in [-0.05, 0) is 33.1 Å². The second-order valence-corrected chi connectivity index (χ2v) is 6.87. The quantitative estimate of drug-likeness (QED) is 0.658. The summed E-state index contributed by atoms with van der Waals surface area (Å²) in [5.74, 6) is 0.411. The van der Waals surface area contributed by atoms with Gasteiger partial charge in [0.1, 0.15) is 0 Å². The van der Waals surface area contributed by atoms with Gasteiger partial charge in [0.2, 0.25) is 0 Å². The summed E-state index contributed by atoms with van der Waals surface area (Å²) in [7, 11) is -2.90. The molecule has 0 saturated carbocycles. The van der Waals surface area contributed by atoms with Gasteiger partial charge in [0.15, 0.2) is 9.84 Å². The molecular formula is C8H17NO2S. The van der Waals surface area contributed by atoms with Gasteiger partial charge in [-0.25, -0.2) is 8.42 Å². The molecule has 2 N–H and O–H groups in total. The van der Waals surface area contributed by atoms with E-state index in [4.69, 9.17) is 5.73 Å². The third kappa shape index (κ3) is 1.27. The van der Waals surface area contributed by atoms with Crippen molar-refractivity contribution >= 4 is 9.84 Å². The highest BCUT2D eigenvalue weighted by atomic mass is 32.2. The van der Waals surface area contributed by atoms with Gasteiger partial charge in [-0.3, -0.25) is 0 Å². The first kappa shape index (κ1) is 9.99. The van der Waals surface area contributed by atoms with Crippen LogP contribution in [0.25, 0.3) is 0 Å². The lowest BCUT2D eigenvalue weighted by Gasteiger charge is -2.28. The minimum atomic E-state index is -2.90. The summed E-state index contributed by atoms with van der Waals surface area (Å²) in [5.41, 5.74) is 5.73. The van der Waals surface area contributed by atoms with Crippen LogP contribution in [0.15, 0.2) is 0 Å². The molecule has 1 fully saturated rings. The van der Waals surface area contributed by atoms with Crippen molar-refractivity contribution in [2.75, 3.05) is 5.75 Å². The van der Waals surface area contributed by atoms with Crippen molar-refractivity contribution in [2.24, 2.45) is 11.7 Å². The van der Waals surface area contributed by atoms with Crippen LogP contribution in [0, 0.1) is 5.92 Å². The number of hydrogen-bond donors (Lipinski definition) is 1. The average Bonchev–Trinajstić information content (AvgIpc) is 2.03. The summed E-state index contributed by atoms with van der Waals surface area (Å²) in [6.45, 7) is 5.44. The van der Waals surface area contributed by atoms with Crippen molar-refractivity contribution in [2.45, 2.75) is 38.0 Å². The van der Waals surface area contributed by atoms with E-state index in [2.05, 4.69) is 0 Å². The Balaban J connectivity index is 3.01. The van der Waals surface area contributed by atoms with Crippen LogP contribution in [0.3, 0.4) is 0 Å². The predicted octanol–water partition coefficient (Wildman–Crippen LogP) is 0.547. The zero-order valence-corrected chi connectivity index (χ0v) is 8.69. The van der Waals surface area contributed by atoms with Gasteiger partial charge < -0.3 is 5.73 Å². The summed E-state index contributed by atoms with van der Waals surface area (Å²) in [6.07, 6.45) is 0.715. The standard InChI is InChI=1S/C8H17NO2S/c1-6(9)7-4-5-12(10,11)8(7,2)3/h6-7H,4-5,9H2,1-3H3/t6-,7?/m0/s1. The highest BCUT2D eigenvalue weighted by Crippen LogP contribution is 2.38. The molecule has 0 bridgehead atoms. The molecule has 0 aromatic heterocycles. The molecule has 0 spiro atoms. The third-order valence-electron chi connectivity index (χ3n) is 3.03. The van der Waals surface area contributed by atoms with Crippen molar-refractivity contribution in [3.05, 3.63) is 0 Å². The van der Waals surface area contributed by atoms with Crippen LogP contribution in [0.1, 0.15) is 27.2 Å². The number of hydrogen-bond acceptors (Lipinski definition) is 3. The molecule has 72 valence electrons. The minimum absolute atomic E-state index is 0.0303. The number of sulfone groups is 1. The molecule has 1 saturated heterocycles. The Hall–Kier alpha value is -0.0900. The first-order chi connectivity index (χ1) is 5.29. The maximum Gasteiger partial charge on any atom is 0.155 e. The molecule has 1 aliphatic rings. The average molecular weight is 191 g/mol. The van der Waals surface area contributed by atoms with E-state index in [9.17, 15) is 8.42 Å². The van der Waals surface area contributed by atoms with Crippen LogP contribution in [0.2, 0.25) is 0 Å². The molecule has 0 aromatic rings. The first-order valence-corrected chi connectivity index (χ1v) is 5.92. The second-order valence-electron chi connectivity index (χ2n) is 4.18. The third-order valence-corrected chi connectivity index (χ3v) is 5.71. The highest BCUT2D eigenvalue weighted by molar-refractivity contribution is 7.93. The van der Waals surface area contributed by atoms with E-state index in [0.717, 1.165) is 0 Å². The summed E-state index contributed by atoms with van der Waals surface area (Å²) in [6, 6.07) is -0.0303. The Bertz CT molecular complexity index is 267. The second kappa shape index (κ2) is 2.70. The molecule has 1 heterocycles. The van der Waals surface area contributed by atoms with Crippen molar-refractivity contribution in [3.8, 4) is 0 Å². The first-order valence-electron chi connectivity index (χ1n) is 4.27. The lowest BCUT2D eigenvalue weighted by Crippen LogP contribution is -2.42. The van der Waals surface area contributed by atoms with Gasteiger partial charge >= 0.3 is 0 Å². The SMILES string of the molecule is C[C@H](N)C1CCS(=O)(=O)C1(C)C. The molecule has 4 heteroatoms. The van der Waals surface area contributed by atoms with E-state index in [1.165, 1.54) is 0 Å². The number of rotatable bonds is 1. The largest absolute Gasteiger partial charge is 0.328 e. The van der Waals surface area contributed by atoms with Crippen LogP contribution >= 0.6 is 0 Å². The minimum Gasteiger partial charge on any atom is -0.328 e. The van der Waals surface area contributed by atoms with Crippen LogP contribution in [0.5, 0.6) is 0 Å². The molecule has 2 atom stereocenters. The van der Waals surface area contributed by atoms with Crippen molar-refractivity contribution in [1.29, 1.82) is 0 Å². The summed E-state index contributed by atoms with van der Waals surface area (Å²) in [4.78, 5) is 0. The highest BCUT2D eigenvalue weighted by Gasteiger charge is 2.48. The fraction of sp³-hybridized carbons (Fsp3) is 1.00. The molecule has 1 rings (SSSR count). The molecular weight excluding hydrogens is 174 g/mol. The van der Waals surface area contributed by atoms with Gasteiger partial charge in [0.25, 0.3) is 0 Å². The maximum atomic E-state index is 11.5. The Morgan fingerprint density at radius 3 is 2.17 bits per heavy atom. The zero-order valence-electron chi connectivity index (χ0n) is 7.87. The van der Waals surface area contributed by atoms with Gasteiger partial charge in [-0.2, -0.15) is 0 Å². The van der Waals surface area contributed by atoms with Crippen LogP contribution in [-0.4, -0.2) is 25.0 Å². The number of nitrogens with two attached hydrogens (primary N) is 1. The molecule has 0 amide bonds. The molecule has 0 aromatic carbocycles.